The first-order valence-electron chi connectivity index (χ1n) is 5.60. The van der Waals surface area contributed by atoms with E-state index in [1.54, 1.807) is 6.20 Å². The van der Waals surface area contributed by atoms with Gasteiger partial charge in [-0.2, -0.15) is 0 Å². The van der Waals surface area contributed by atoms with Gasteiger partial charge < -0.3 is 10.5 Å². The van der Waals surface area contributed by atoms with Crippen molar-refractivity contribution in [2.45, 2.75) is 25.5 Å². The van der Waals surface area contributed by atoms with Gasteiger partial charge in [0.15, 0.2) is 0 Å². The van der Waals surface area contributed by atoms with Gasteiger partial charge in [0.2, 0.25) is 0 Å². The minimum atomic E-state index is -0.116. The zero-order valence-corrected chi connectivity index (χ0v) is 9.26. The van der Waals surface area contributed by atoms with Crippen molar-refractivity contribution in [2.24, 2.45) is 5.84 Å². The zero-order chi connectivity index (χ0) is 11.4. The van der Waals surface area contributed by atoms with Crippen LogP contribution >= 0.6 is 0 Å². The highest BCUT2D eigenvalue weighted by molar-refractivity contribution is 5.35. The summed E-state index contributed by atoms with van der Waals surface area (Å²) in [7, 11) is 0. The molecular formula is C11H18N4O. The molecule has 1 saturated heterocycles. The molecule has 2 rings (SSSR count). The first kappa shape index (κ1) is 11.3. The van der Waals surface area contributed by atoms with Gasteiger partial charge >= 0.3 is 0 Å². The van der Waals surface area contributed by atoms with Crippen molar-refractivity contribution in [3.8, 4) is 0 Å². The quantitative estimate of drug-likeness (QED) is 0.507. The molecule has 1 aromatic heterocycles. The molecule has 88 valence electrons. The number of nitrogen functional groups attached to an aromatic ring is 1. The number of piperidine rings is 1. The van der Waals surface area contributed by atoms with E-state index in [0.29, 0.717) is 5.82 Å². The summed E-state index contributed by atoms with van der Waals surface area (Å²) >= 11 is 0. The van der Waals surface area contributed by atoms with Crippen LogP contribution in [0.15, 0.2) is 18.3 Å². The molecule has 4 N–H and O–H groups in total. The fourth-order valence-electron chi connectivity index (χ4n) is 1.99. The topological polar surface area (TPSA) is 74.4 Å². The van der Waals surface area contributed by atoms with E-state index in [9.17, 15) is 5.11 Å². The van der Waals surface area contributed by atoms with Gasteiger partial charge in [-0.05, 0) is 30.5 Å². The standard InChI is InChI=1S/C11H18N4O/c12-14-11-7-9(1-4-13-11)8-15-5-2-10(16)3-6-15/h1,4,7,10,16H,2-3,5-6,8,12H2,(H,13,14). The van der Waals surface area contributed by atoms with Crippen LogP contribution in [0.1, 0.15) is 18.4 Å². The van der Waals surface area contributed by atoms with Crippen LogP contribution in [0.5, 0.6) is 0 Å². The number of hydrogen-bond acceptors (Lipinski definition) is 5. The van der Waals surface area contributed by atoms with Crippen molar-refractivity contribution in [3.05, 3.63) is 23.9 Å². The lowest BCUT2D eigenvalue weighted by molar-refractivity contribution is 0.0792. The second-order valence-corrected chi connectivity index (χ2v) is 4.20. The second kappa shape index (κ2) is 5.25. The summed E-state index contributed by atoms with van der Waals surface area (Å²) in [5.74, 6) is 6.00. The highest BCUT2D eigenvalue weighted by Crippen LogP contribution is 2.14. The molecule has 0 aliphatic carbocycles. The van der Waals surface area contributed by atoms with E-state index in [1.807, 2.05) is 12.1 Å². The predicted molar refractivity (Wildman–Crippen MR) is 62.6 cm³/mol. The molecule has 0 amide bonds. The number of nitrogens with one attached hydrogen (secondary N) is 1. The molecule has 16 heavy (non-hydrogen) atoms. The van der Waals surface area contributed by atoms with Crippen LogP contribution in [0.4, 0.5) is 5.82 Å². The van der Waals surface area contributed by atoms with Gasteiger partial charge in [0.25, 0.3) is 0 Å². The number of nitrogens with two attached hydrogens (primary N) is 1. The number of rotatable bonds is 3. The van der Waals surface area contributed by atoms with Crippen LogP contribution in [0, 0.1) is 0 Å². The van der Waals surface area contributed by atoms with Crippen LogP contribution < -0.4 is 11.3 Å². The van der Waals surface area contributed by atoms with E-state index in [2.05, 4.69) is 15.3 Å². The Morgan fingerprint density at radius 1 is 1.50 bits per heavy atom. The largest absolute Gasteiger partial charge is 0.393 e. The van der Waals surface area contributed by atoms with Gasteiger partial charge in [0.05, 0.1) is 6.10 Å². The van der Waals surface area contributed by atoms with E-state index < -0.39 is 0 Å². The number of nitrogens with zero attached hydrogens (tertiary/aromatic N) is 2. The van der Waals surface area contributed by atoms with Crippen molar-refractivity contribution in [3.63, 3.8) is 0 Å². The Balaban J connectivity index is 1.93. The van der Waals surface area contributed by atoms with Crippen molar-refractivity contribution in [1.82, 2.24) is 9.88 Å². The Labute approximate surface area is 95.2 Å². The lowest BCUT2D eigenvalue weighted by Crippen LogP contribution is -2.35. The summed E-state index contributed by atoms with van der Waals surface area (Å²) in [6, 6.07) is 3.94. The highest BCUT2D eigenvalue weighted by atomic mass is 16.3. The molecule has 2 heterocycles. The SMILES string of the molecule is NNc1cc(CN2CCC(O)CC2)ccn1. The van der Waals surface area contributed by atoms with Crippen LogP contribution in [0.2, 0.25) is 0 Å². The minimum Gasteiger partial charge on any atom is -0.393 e. The summed E-state index contributed by atoms with van der Waals surface area (Å²) in [6.45, 7) is 2.80. The van der Waals surface area contributed by atoms with Crippen LogP contribution in [0.3, 0.4) is 0 Å². The van der Waals surface area contributed by atoms with Gasteiger partial charge in [0, 0.05) is 25.8 Å². The maximum Gasteiger partial charge on any atom is 0.140 e. The van der Waals surface area contributed by atoms with Gasteiger partial charge in [-0.1, -0.05) is 0 Å². The smallest absolute Gasteiger partial charge is 0.140 e. The molecule has 0 saturated carbocycles. The molecular weight excluding hydrogens is 204 g/mol. The Hall–Kier alpha value is -1.17. The Kier molecular flexibility index (Phi) is 3.71. The predicted octanol–water partition coefficient (Wildman–Crippen LogP) is 0.324. The number of aromatic nitrogens is 1. The Morgan fingerprint density at radius 3 is 2.94 bits per heavy atom. The number of anilines is 1. The van der Waals surface area contributed by atoms with Crippen LogP contribution in [-0.2, 0) is 6.54 Å². The first-order chi connectivity index (χ1) is 7.78. The lowest BCUT2D eigenvalue weighted by Gasteiger charge is -2.29. The number of aliphatic hydroxyl groups excluding tert-OH is 1. The van der Waals surface area contributed by atoms with Crippen molar-refractivity contribution in [2.75, 3.05) is 18.5 Å². The van der Waals surface area contributed by atoms with Crippen molar-refractivity contribution >= 4 is 5.82 Å². The normalized spacial score (nSPS) is 18.6. The van der Waals surface area contributed by atoms with E-state index in [4.69, 9.17) is 5.84 Å². The molecule has 1 aromatic rings. The molecule has 0 bridgehead atoms. The molecule has 5 nitrogen and oxygen atoms in total. The average molecular weight is 222 g/mol. The number of hydrazine groups is 1. The molecule has 0 spiro atoms. The molecule has 1 aliphatic rings. The maximum atomic E-state index is 9.41. The number of pyridine rings is 1. The number of likely N-dealkylation sites (tertiary alicyclic amines) is 1. The van der Waals surface area contributed by atoms with E-state index >= 15 is 0 Å². The molecule has 1 fully saturated rings. The summed E-state index contributed by atoms with van der Waals surface area (Å²) in [5.41, 5.74) is 3.74. The van der Waals surface area contributed by atoms with Crippen molar-refractivity contribution < 1.29 is 5.11 Å². The van der Waals surface area contributed by atoms with Gasteiger partial charge in [0.1, 0.15) is 5.82 Å². The molecule has 0 aromatic carbocycles. The fourth-order valence-corrected chi connectivity index (χ4v) is 1.99. The molecule has 1 aliphatic heterocycles. The summed E-state index contributed by atoms with van der Waals surface area (Å²) in [4.78, 5) is 6.40. The minimum absolute atomic E-state index is 0.116. The van der Waals surface area contributed by atoms with Crippen molar-refractivity contribution in [1.29, 1.82) is 0 Å². The summed E-state index contributed by atoms with van der Waals surface area (Å²) < 4.78 is 0. The second-order valence-electron chi connectivity index (χ2n) is 4.20. The van der Waals surface area contributed by atoms with Gasteiger partial charge in [-0.25, -0.2) is 10.8 Å². The van der Waals surface area contributed by atoms with E-state index in [0.717, 1.165) is 32.5 Å². The van der Waals surface area contributed by atoms with Crippen LogP contribution in [-0.4, -0.2) is 34.2 Å². The average Bonchev–Trinajstić information content (AvgIpc) is 2.32. The number of hydrogen-bond donors (Lipinski definition) is 3. The highest BCUT2D eigenvalue weighted by Gasteiger charge is 2.16. The third kappa shape index (κ3) is 2.91. The fraction of sp³-hybridized carbons (Fsp3) is 0.545. The third-order valence-corrected chi connectivity index (χ3v) is 2.94. The van der Waals surface area contributed by atoms with Gasteiger partial charge in [-0.15, -0.1) is 0 Å². The van der Waals surface area contributed by atoms with Gasteiger partial charge in [-0.3, -0.25) is 4.90 Å². The molecule has 0 radical (unpaired) electrons. The molecule has 0 unspecified atom stereocenters. The zero-order valence-electron chi connectivity index (χ0n) is 9.26. The Morgan fingerprint density at radius 2 is 2.25 bits per heavy atom. The molecule has 0 atom stereocenters. The Bertz CT molecular complexity index is 337. The molecule has 5 heteroatoms. The number of aliphatic hydroxyl groups is 1. The summed E-state index contributed by atoms with van der Waals surface area (Å²) in [5, 5.41) is 9.41. The van der Waals surface area contributed by atoms with Crippen LogP contribution in [0.25, 0.3) is 0 Å². The summed E-state index contributed by atoms with van der Waals surface area (Å²) in [6.07, 6.45) is 3.37. The third-order valence-electron chi connectivity index (χ3n) is 2.94. The maximum absolute atomic E-state index is 9.41. The lowest BCUT2D eigenvalue weighted by atomic mass is 10.1. The van der Waals surface area contributed by atoms with E-state index in [-0.39, 0.29) is 6.10 Å². The first-order valence-corrected chi connectivity index (χ1v) is 5.60. The van der Waals surface area contributed by atoms with E-state index in [1.165, 1.54) is 5.56 Å². The monoisotopic (exact) mass is 222 g/mol.